The molecule has 0 saturated carbocycles. The average molecular weight is 541 g/mol. The monoisotopic (exact) mass is 541 g/mol. The van der Waals surface area contributed by atoms with E-state index in [0.717, 1.165) is 24.3 Å². The third-order valence-corrected chi connectivity index (χ3v) is 4.67. The molecule has 7 nitrogen and oxygen atoms in total. The van der Waals surface area contributed by atoms with Crippen molar-refractivity contribution in [1.82, 2.24) is 20.9 Å². The quantitative estimate of drug-likeness (QED) is 0.262. The van der Waals surface area contributed by atoms with Crippen LogP contribution in [0.5, 0.6) is 0 Å². The number of rotatable bonds is 8. The van der Waals surface area contributed by atoms with Crippen molar-refractivity contribution >= 4 is 35.8 Å². The number of nitrogens with one attached hydrogen (secondary N) is 3. The summed E-state index contributed by atoms with van der Waals surface area (Å²) in [6, 6.07) is 7.71. The van der Waals surface area contributed by atoms with Crippen LogP contribution in [-0.4, -0.2) is 29.4 Å². The molecule has 0 bridgehead atoms. The summed E-state index contributed by atoms with van der Waals surface area (Å²) in [7, 11) is 0. The van der Waals surface area contributed by atoms with E-state index >= 15 is 0 Å². The van der Waals surface area contributed by atoms with E-state index < -0.39 is 0 Å². The number of nitrogens with zero attached hydrogens (tertiary/aromatic N) is 2. The second-order valence-corrected chi connectivity index (χ2v) is 8.40. The molecule has 0 aliphatic rings. The number of guanidine groups is 1. The van der Waals surface area contributed by atoms with Gasteiger partial charge >= 0.3 is 0 Å². The Hall–Kier alpha value is -2.10. The normalized spacial score (nSPS) is 12.6. The zero-order valence-electron chi connectivity index (χ0n) is 19.4. The maximum Gasteiger partial charge on any atom is 0.251 e. The van der Waals surface area contributed by atoms with E-state index in [0.29, 0.717) is 30.5 Å². The minimum Gasteiger partial charge on any atom is -0.443 e. The molecule has 0 aliphatic carbocycles. The van der Waals surface area contributed by atoms with Gasteiger partial charge in [-0.15, -0.1) is 24.0 Å². The van der Waals surface area contributed by atoms with E-state index in [1.165, 1.54) is 0 Å². The molecule has 0 aliphatic heterocycles. The molecular formula is C23H36IN5O2. The van der Waals surface area contributed by atoms with Crippen molar-refractivity contribution in [3.63, 3.8) is 0 Å². The lowest BCUT2D eigenvalue weighted by molar-refractivity contribution is 0.0939. The minimum atomic E-state index is -0.0680. The van der Waals surface area contributed by atoms with Gasteiger partial charge in [0.15, 0.2) is 5.96 Å². The second-order valence-electron chi connectivity index (χ2n) is 8.40. The fraction of sp³-hybridized carbons (Fsp3) is 0.522. The van der Waals surface area contributed by atoms with Crippen LogP contribution in [0.25, 0.3) is 0 Å². The van der Waals surface area contributed by atoms with Crippen LogP contribution in [0, 0.1) is 0 Å². The van der Waals surface area contributed by atoms with Crippen molar-refractivity contribution in [2.75, 3.05) is 6.54 Å². The lowest BCUT2D eigenvalue weighted by atomic mass is 9.94. The van der Waals surface area contributed by atoms with Crippen LogP contribution >= 0.6 is 24.0 Å². The van der Waals surface area contributed by atoms with Gasteiger partial charge in [0, 0.05) is 23.6 Å². The molecule has 2 rings (SSSR count). The molecule has 0 spiro atoms. The topological polar surface area (TPSA) is 91.5 Å². The third-order valence-electron chi connectivity index (χ3n) is 4.67. The number of aromatic nitrogens is 1. The van der Waals surface area contributed by atoms with Gasteiger partial charge in [0.1, 0.15) is 5.76 Å². The molecule has 1 aromatic carbocycles. The summed E-state index contributed by atoms with van der Waals surface area (Å²) in [4.78, 5) is 21.1. The molecule has 1 atom stereocenters. The minimum absolute atomic E-state index is 0. The summed E-state index contributed by atoms with van der Waals surface area (Å²) in [5, 5.41) is 9.45. The number of halogens is 1. The number of carbonyl (C=O) groups is 1. The first-order valence-corrected chi connectivity index (χ1v) is 10.6. The summed E-state index contributed by atoms with van der Waals surface area (Å²) in [5.74, 6) is 2.13. The van der Waals surface area contributed by atoms with Crippen LogP contribution in [0.2, 0.25) is 0 Å². The Morgan fingerprint density at radius 3 is 2.39 bits per heavy atom. The molecule has 0 saturated heterocycles. The Bertz CT molecular complexity index is 840. The SMILES string of the molecule is CCNC(=NCc1ccc(C(=O)NC(C)CC)cc1)NCc1ncc(C(C)(C)C)o1.I. The summed E-state index contributed by atoms with van der Waals surface area (Å²) in [5.41, 5.74) is 1.62. The molecule has 1 aromatic heterocycles. The van der Waals surface area contributed by atoms with Gasteiger partial charge < -0.3 is 20.4 Å². The van der Waals surface area contributed by atoms with Gasteiger partial charge in [-0.25, -0.2) is 9.98 Å². The Labute approximate surface area is 202 Å². The van der Waals surface area contributed by atoms with Crippen molar-refractivity contribution in [1.29, 1.82) is 0 Å². The van der Waals surface area contributed by atoms with Crippen molar-refractivity contribution in [2.24, 2.45) is 4.99 Å². The first-order chi connectivity index (χ1) is 14.2. The fourth-order valence-electron chi connectivity index (χ4n) is 2.58. The molecule has 3 N–H and O–H groups in total. The number of hydrogen-bond donors (Lipinski definition) is 3. The van der Waals surface area contributed by atoms with Gasteiger partial charge in [0.25, 0.3) is 5.91 Å². The van der Waals surface area contributed by atoms with Gasteiger partial charge in [-0.3, -0.25) is 4.79 Å². The van der Waals surface area contributed by atoms with Crippen LogP contribution in [0.15, 0.2) is 39.9 Å². The summed E-state index contributed by atoms with van der Waals surface area (Å²) >= 11 is 0. The standard InChI is InChI=1S/C23H35N5O2.HI/c1-7-16(3)28-21(29)18-11-9-17(10-12-18)13-26-22(24-8-2)27-15-20-25-14-19(30-20)23(4,5)6;/h9-12,14,16H,7-8,13,15H2,1-6H3,(H,28,29)(H2,24,26,27);1H. The maximum atomic E-state index is 12.2. The number of benzene rings is 1. The third kappa shape index (κ3) is 8.88. The lowest BCUT2D eigenvalue weighted by Crippen LogP contribution is -2.36. The van der Waals surface area contributed by atoms with E-state index in [2.05, 4.69) is 46.7 Å². The molecule has 172 valence electrons. The zero-order chi connectivity index (χ0) is 22.1. The van der Waals surface area contributed by atoms with E-state index in [1.807, 2.05) is 45.0 Å². The summed E-state index contributed by atoms with van der Waals surface area (Å²) in [6.45, 7) is 14.1. The van der Waals surface area contributed by atoms with Crippen molar-refractivity contribution in [2.45, 2.75) is 72.5 Å². The second kappa shape index (κ2) is 12.7. The van der Waals surface area contributed by atoms with Gasteiger partial charge in [-0.05, 0) is 38.0 Å². The lowest BCUT2D eigenvalue weighted by Gasteiger charge is -2.13. The first kappa shape index (κ1) is 26.9. The van der Waals surface area contributed by atoms with Crippen LogP contribution in [-0.2, 0) is 18.5 Å². The fourth-order valence-corrected chi connectivity index (χ4v) is 2.58. The average Bonchev–Trinajstić information content (AvgIpc) is 3.20. The highest BCUT2D eigenvalue weighted by atomic mass is 127. The van der Waals surface area contributed by atoms with Crippen LogP contribution in [0.1, 0.15) is 75.5 Å². The predicted octanol–water partition coefficient (Wildman–Crippen LogP) is 4.37. The molecule has 0 radical (unpaired) electrons. The Kier molecular flexibility index (Phi) is 11.0. The number of oxazole rings is 1. The van der Waals surface area contributed by atoms with Gasteiger partial charge in [-0.2, -0.15) is 0 Å². The summed E-state index contributed by atoms with van der Waals surface area (Å²) in [6.07, 6.45) is 2.68. The number of amides is 1. The predicted molar refractivity (Wildman–Crippen MR) is 136 cm³/mol. The van der Waals surface area contributed by atoms with E-state index in [1.54, 1.807) is 6.20 Å². The van der Waals surface area contributed by atoms with Crippen LogP contribution in [0.3, 0.4) is 0 Å². The van der Waals surface area contributed by atoms with E-state index in [9.17, 15) is 4.79 Å². The molecule has 1 unspecified atom stereocenters. The highest BCUT2D eigenvalue weighted by molar-refractivity contribution is 14.0. The van der Waals surface area contributed by atoms with Crippen molar-refractivity contribution in [3.05, 3.63) is 53.2 Å². The van der Waals surface area contributed by atoms with Crippen LogP contribution in [0.4, 0.5) is 0 Å². The Morgan fingerprint density at radius 1 is 1.16 bits per heavy atom. The maximum absolute atomic E-state index is 12.2. The van der Waals surface area contributed by atoms with Crippen LogP contribution < -0.4 is 16.0 Å². The first-order valence-electron chi connectivity index (χ1n) is 10.6. The number of carbonyl (C=O) groups excluding carboxylic acids is 1. The summed E-state index contributed by atoms with van der Waals surface area (Å²) < 4.78 is 5.82. The van der Waals surface area contributed by atoms with Gasteiger partial charge in [0.05, 0.1) is 19.3 Å². The van der Waals surface area contributed by atoms with Gasteiger partial charge in [0.2, 0.25) is 5.89 Å². The molecule has 1 amide bonds. The molecule has 0 fully saturated rings. The largest absolute Gasteiger partial charge is 0.443 e. The molecule has 1 heterocycles. The highest BCUT2D eigenvalue weighted by Crippen LogP contribution is 2.22. The van der Waals surface area contributed by atoms with Crippen molar-refractivity contribution < 1.29 is 9.21 Å². The number of hydrogen-bond acceptors (Lipinski definition) is 4. The zero-order valence-corrected chi connectivity index (χ0v) is 21.7. The van der Waals surface area contributed by atoms with E-state index in [4.69, 9.17) is 4.42 Å². The molecule has 31 heavy (non-hydrogen) atoms. The Morgan fingerprint density at radius 2 is 1.84 bits per heavy atom. The number of aliphatic imine (C=N–C) groups is 1. The van der Waals surface area contributed by atoms with Gasteiger partial charge in [-0.1, -0.05) is 39.8 Å². The van der Waals surface area contributed by atoms with E-state index in [-0.39, 0.29) is 41.3 Å². The van der Waals surface area contributed by atoms with Crippen molar-refractivity contribution in [3.8, 4) is 0 Å². The molecule has 2 aromatic rings. The molecule has 8 heteroatoms. The molecular weight excluding hydrogens is 505 g/mol. The Balaban J connectivity index is 0.00000480. The smallest absolute Gasteiger partial charge is 0.251 e. The highest BCUT2D eigenvalue weighted by Gasteiger charge is 2.19.